The van der Waals surface area contributed by atoms with Gasteiger partial charge in [-0.3, -0.25) is 9.20 Å². The van der Waals surface area contributed by atoms with Gasteiger partial charge in [0.1, 0.15) is 5.69 Å². The maximum absolute atomic E-state index is 12.8. The highest BCUT2D eigenvalue weighted by Crippen LogP contribution is 2.22. The van der Waals surface area contributed by atoms with Crippen molar-refractivity contribution in [1.29, 1.82) is 0 Å². The molecule has 0 aliphatic carbocycles. The van der Waals surface area contributed by atoms with E-state index in [2.05, 4.69) is 23.8 Å². The Balaban J connectivity index is 2.01. The van der Waals surface area contributed by atoms with Crippen LogP contribution in [0.25, 0.3) is 17.0 Å². The third-order valence-electron chi connectivity index (χ3n) is 4.29. The summed E-state index contributed by atoms with van der Waals surface area (Å²) in [7, 11) is 1.84. The van der Waals surface area contributed by atoms with E-state index in [0.717, 1.165) is 43.6 Å². The lowest BCUT2D eigenvalue weighted by Gasteiger charge is -2.15. The van der Waals surface area contributed by atoms with Gasteiger partial charge in [0.2, 0.25) is 0 Å². The Morgan fingerprint density at radius 1 is 1.24 bits per heavy atom. The predicted molar refractivity (Wildman–Crippen MR) is 98.6 cm³/mol. The molecule has 0 fully saturated rings. The molecule has 0 atom stereocenters. The number of aromatic nitrogens is 4. The molecule has 0 N–H and O–H groups in total. The molecule has 3 heterocycles. The molecule has 1 amide bonds. The van der Waals surface area contributed by atoms with Crippen molar-refractivity contribution in [3.05, 3.63) is 42.6 Å². The third-order valence-corrected chi connectivity index (χ3v) is 4.29. The summed E-state index contributed by atoms with van der Waals surface area (Å²) in [4.78, 5) is 23.7. The Morgan fingerprint density at radius 3 is 2.84 bits per heavy atom. The highest BCUT2D eigenvalue weighted by Gasteiger charge is 2.21. The van der Waals surface area contributed by atoms with E-state index in [1.807, 2.05) is 52.9 Å². The smallest absolute Gasteiger partial charge is 0.274 e. The van der Waals surface area contributed by atoms with E-state index in [9.17, 15) is 4.79 Å². The molecule has 0 unspecified atom stereocenters. The first kappa shape index (κ1) is 17.2. The van der Waals surface area contributed by atoms with Crippen LogP contribution < -0.4 is 0 Å². The van der Waals surface area contributed by atoms with Crippen LogP contribution in [0, 0.1) is 0 Å². The molecule has 3 aromatic heterocycles. The monoisotopic (exact) mass is 339 g/mol. The third kappa shape index (κ3) is 3.43. The van der Waals surface area contributed by atoms with Crippen LogP contribution >= 0.6 is 0 Å². The van der Waals surface area contributed by atoms with Crippen LogP contribution in [0.4, 0.5) is 0 Å². The molecule has 6 nitrogen and oxygen atoms in total. The highest BCUT2D eigenvalue weighted by atomic mass is 16.2. The molecule has 3 aromatic rings. The molecule has 3 rings (SSSR count). The standard InChI is InChI=1S/C19H25N5O/c1-4-6-11-22(3)19(25)17-16-9-7-8-12-24(16)18(21-17)15-13-23(10-5-2)14-20-15/h7-9,12-14H,4-6,10-11H2,1-3H3. The molecular formula is C19H25N5O. The molecule has 0 aromatic carbocycles. The lowest BCUT2D eigenvalue weighted by molar-refractivity contribution is 0.0790. The van der Waals surface area contributed by atoms with Crippen molar-refractivity contribution in [2.24, 2.45) is 0 Å². The summed E-state index contributed by atoms with van der Waals surface area (Å²) in [5.41, 5.74) is 2.08. The molecule has 0 saturated carbocycles. The van der Waals surface area contributed by atoms with E-state index in [0.29, 0.717) is 11.5 Å². The van der Waals surface area contributed by atoms with Crippen molar-refractivity contribution in [2.75, 3.05) is 13.6 Å². The summed E-state index contributed by atoms with van der Waals surface area (Å²) in [6.45, 7) is 5.91. The predicted octanol–water partition coefficient (Wildman–Crippen LogP) is 3.48. The first-order chi connectivity index (χ1) is 12.2. The van der Waals surface area contributed by atoms with Gasteiger partial charge in [-0.05, 0) is 25.0 Å². The van der Waals surface area contributed by atoms with Gasteiger partial charge in [-0.2, -0.15) is 0 Å². The van der Waals surface area contributed by atoms with Gasteiger partial charge in [-0.15, -0.1) is 0 Å². The minimum absolute atomic E-state index is 0.0450. The second kappa shape index (κ2) is 7.51. The second-order valence-corrected chi connectivity index (χ2v) is 6.32. The van der Waals surface area contributed by atoms with Crippen LogP contribution in [0.3, 0.4) is 0 Å². The van der Waals surface area contributed by atoms with Gasteiger partial charge in [0.15, 0.2) is 11.5 Å². The lowest BCUT2D eigenvalue weighted by Crippen LogP contribution is -2.28. The number of unbranched alkanes of at least 4 members (excludes halogenated alkanes) is 1. The average molecular weight is 339 g/mol. The molecule has 132 valence electrons. The van der Waals surface area contributed by atoms with Crippen molar-refractivity contribution in [2.45, 2.75) is 39.7 Å². The van der Waals surface area contributed by atoms with Gasteiger partial charge in [-0.1, -0.05) is 26.3 Å². The number of carbonyl (C=O) groups is 1. The van der Waals surface area contributed by atoms with Crippen LogP contribution in [0.15, 0.2) is 36.9 Å². The van der Waals surface area contributed by atoms with Crippen LogP contribution in [-0.4, -0.2) is 43.3 Å². The SMILES string of the molecule is CCCCN(C)C(=O)c1nc(-c2cn(CCC)cn2)n2ccccc12. The number of hydrogen-bond acceptors (Lipinski definition) is 3. The number of nitrogens with zero attached hydrogens (tertiary/aromatic N) is 5. The van der Waals surface area contributed by atoms with E-state index in [4.69, 9.17) is 0 Å². The van der Waals surface area contributed by atoms with E-state index in [1.54, 1.807) is 4.90 Å². The first-order valence-corrected chi connectivity index (χ1v) is 8.90. The van der Waals surface area contributed by atoms with Crippen LogP contribution in [-0.2, 0) is 6.54 Å². The number of pyridine rings is 1. The molecular weight excluding hydrogens is 314 g/mol. The largest absolute Gasteiger partial charge is 0.340 e. The van der Waals surface area contributed by atoms with Gasteiger partial charge in [0.25, 0.3) is 5.91 Å². The van der Waals surface area contributed by atoms with Crippen molar-refractivity contribution in [3.8, 4) is 11.5 Å². The quantitative estimate of drug-likeness (QED) is 0.662. The Bertz CT molecular complexity index is 864. The van der Waals surface area contributed by atoms with Gasteiger partial charge >= 0.3 is 0 Å². The van der Waals surface area contributed by atoms with Crippen molar-refractivity contribution >= 4 is 11.4 Å². The summed E-state index contributed by atoms with van der Waals surface area (Å²) in [6.07, 6.45) is 8.82. The summed E-state index contributed by atoms with van der Waals surface area (Å²) >= 11 is 0. The zero-order valence-corrected chi connectivity index (χ0v) is 15.1. The number of fused-ring (bicyclic) bond motifs is 1. The topological polar surface area (TPSA) is 55.4 Å². The Morgan fingerprint density at radius 2 is 2.08 bits per heavy atom. The Kier molecular flexibility index (Phi) is 5.16. The minimum Gasteiger partial charge on any atom is -0.340 e. The molecule has 0 spiro atoms. The molecule has 6 heteroatoms. The molecule has 0 aliphatic heterocycles. The Labute approximate surface area is 148 Å². The number of hydrogen-bond donors (Lipinski definition) is 0. The molecule has 0 saturated heterocycles. The molecule has 0 bridgehead atoms. The number of carbonyl (C=O) groups excluding carboxylic acids is 1. The first-order valence-electron chi connectivity index (χ1n) is 8.90. The lowest BCUT2D eigenvalue weighted by atomic mass is 10.2. The van der Waals surface area contributed by atoms with Crippen LogP contribution in [0.2, 0.25) is 0 Å². The summed E-state index contributed by atoms with van der Waals surface area (Å²) in [6, 6.07) is 5.80. The fourth-order valence-corrected chi connectivity index (χ4v) is 2.91. The number of aryl methyl sites for hydroxylation is 1. The van der Waals surface area contributed by atoms with E-state index >= 15 is 0 Å². The van der Waals surface area contributed by atoms with E-state index in [-0.39, 0.29) is 5.91 Å². The van der Waals surface area contributed by atoms with Crippen LogP contribution in [0.1, 0.15) is 43.6 Å². The normalized spacial score (nSPS) is 11.2. The minimum atomic E-state index is -0.0450. The second-order valence-electron chi connectivity index (χ2n) is 6.32. The van der Waals surface area contributed by atoms with E-state index < -0.39 is 0 Å². The fourth-order valence-electron chi connectivity index (χ4n) is 2.91. The summed E-state index contributed by atoms with van der Waals surface area (Å²) in [5.74, 6) is 0.661. The van der Waals surface area contributed by atoms with Crippen molar-refractivity contribution < 1.29 is 4.79 Å². The summed E-state index contributed by atoms with van der Waals surface area (Å²) in [5, 5.41) is 0. The average Bonchev–Trinajstić information content (AvgIpc) is 3.24. The number of amides is 1. The molecule has 25 heavy (non-hydrogen) atoms. The number of rotatable bonds is 7. The Hall–Kier alpha value is -2.63. The van der Waals surface area contributed by atoms with Crippen molar-refractivity contribution in [1.82, 2.24) is 23.8 Å². The van der Waals surface area contributed by atoms with E-state index in [1.165, 1.54) is 0 Å². The van der Waals surface area contributed by atoms with Gasteiger partial charge < -0.3 is 9.47 Å². The van der Waals surface area contributed by atoms with Gasteiger partial charge in [0.05, 0.1) is 11.8 Å². The fraction of sp³-hybridized carbons (Fsp3) is 0.421. The maximum Gasteiger partial charge on any atom is 0.274 e. The zero-order valence-electron chi connectivity index (χ0n) is 15.1. The van der Waals surface area contributed by atoms with Crippen molar-refractivity contribution in [3.63, 3.8) is 0 Å². The van der Waals surface area contributed by atoms with Gasteiger partial charge in [-0.25, -0.2) is 9.97 Å². The number of imidazole rings is 2. The molecule has 0 radical (unpaired) electrons. The zero-order chi connectivity index (χ0) is 17.8. The van der Waals surface area contributed by atoms with Gasteiger partial charge in [0, 0.05) is 32.5 Å². The maximum atomic E-state index is 12.8. The molecule has 0 aliphatic rings. The van der Waals surface area contributed by atoms with Crippen LogP contribution in [0.5, 0.6) is 0 Å². The highest BCUT2D eigenvalue weighted by molar-refractivity contribution is 5.99. The summed E-state index contributed by atoms with van der Waals surface area (Å²) < 4.78 is 3.99.